The molecular formula is C9H13Cl2N3. The molecular weight excluding hydrogens is 221 g/mol. The zero-order chi connectivity index (χ0) is 10.4. The maximum Gasteiger partial charge on any atom is 0.131 e. The number of pyridine rings is 1. The lowest BCUT2D eigenvalue weighted by atomic mass is 10.2. The quantitative estimate of drug-likeness (QED) is 0.603. The van der Waals surface area contributed by atoms with Crippen molar-refractivity contribution in [1.29, 1.82) is 0 Å². The number of rotatable bonds is 5. The van der Waals surface area contributed by atoms with Crippen LogP contribution in [0.2, 0.25) is 10.3 Å². The molecule has 3 nitrogen and oxygen atoms in total. The molecule has 0 saturated heterocycles. The van der Waals surface area contributed by atoms with Crippen LogP contribution in [0.15, 0.2) is 12.1 Å². The summed E-state index contributed by atoms with van der Waals surface area (Å²) < 4.78 is 0. The molecule has 1 aromatic rings. The van der Waals surface area contributed by atoms with Gasteiger partial charge in [0, 0.05) is 6.54 Å². The molecule has 0 saturated carbocycles. The van der Waals surface area contributed by atoms with Crippen molar-refractivity contribution in [1.82, 2.24) is 10.3 Å². The summed E-state index contributed by atoms with van der Waals surface area (Å²) in [6, 6.07) is 3.59. The van der Waals surface area contributed by atoms with Gasteiger partial charge in [-0.2, -0.15) is 0 Å². The molecule has 0 radical (unpaired) electrons. The van der Waals surface area contributed by atoms with Crippen molar-refractivity contribution in [3.05, 3.63) is 28.0 Å². The predicted octanol–water partition coefficient (Wildman–Crippen LogP) is 1.83. The fourth-order valence-corrected chi connectivity index (χ4v) is 1.58. The van der Waals surface area contributed by atoms with Gasteiger partial charge in [-0.3, -0.25) is 0 Å². The van der Waals surface area contributed by atoms with Gasteiger partial charge in [-0.15, -0.1) is 0 Å². The first-order valence-corrected chi connectivity index (χ1v) is 5.20. The van der Waals surface area contributed by atoms with Crippen LogP contribution in [0.5, 0.6) is 0 Å². The Morgan fingerprint density at radius 1 is 1.29 bits per heavy atom. The summed E-state index contributed by atoms with van der Waals surface area (Å²) in [6.07, 6.45) is 0.965. The summed E-state index contributed by atoms with van der Waals surface area (Å²) in [7, 11) is 0. The van der Waals surface area contributed by atoms with Crippen molar-refractivity contribution in [3.63, 3.8) is 0 Å². The van der Waals surface area contributed by atoms with E-state index in [1.807, 2.05) is 0 Å². The highest BCUT2D eigenvalue weighted by Crippen LogP contribution is 2.14. The first kappa shape index (κ1) is 11.7. The standard InChI is InChI=1S/C9H13Cl2N3/c10-8-4-7(5-9(11)14-8)6-13-3-1-2-12/h4-5,13H,1-3,6,12H2. The summed E-state index contributed by atoms with van der Waals surface area (Å²) >= 11 is 11.5. The smallest absolute Gasteiger partial charge is 0.131 e. The Labute approximate surface area is 93.6 Å². The van der Waals surface area contributed by atoms with E-state index in [4.69, 9.17) is 28.9 Å². The number of nitrogens with two attached hydrogens (primary N) is 1. The molecule has 0 fully saturated rings. The molecule has 0 aliphatic rings. The van der Waals surface area contributed by atoms with Crippen molar-refractivity contribution in [3.8, 4) is 0 Å². The minimum atomic E-state index is 0.424. The molecule has 0 aliphatic heterocycles. The van der Waals surface area contributed by atoms with Crippen LogP contribution in [0.25, 0.3) is 0 Å². The SMILES string of the molecule is NCCCNCc1cc(Cl)nc(Cl)c1. The van der Waals surface area contributed by atoms with E-state index >= 15 is 0 Å². The van der Waals surface area contributed by atoms with Crippen LogP contribution in [0.1, 0.15) is 12.0 Å². The maximum atomic E-state index is 5.75. The van der Waals surface area contributed by atoms with Gasteiger partial charge in [0.1, 0.15) is 10.3 Å². The van der Waals surface area contributed by atoms with E-state index in [1.165, 1.54) is 0 Å². The van der Waals surface area contributed by atoms with Crippen molar-refractivity contribution in [2.45, 2.75) is 13.0 Å². The third-order valence-electron chi connectivity index (χ3n) is 1.71. The summed E-state index contributed by atoms with van der Waals surface area (Å²) in [5, 5.41) is 4.08. The molecule has 1 rings (SSSR count). The third kappa shape index (κ3) is 4.24. The lowest BCUT2D eigenvalue weighted by Crippen LogP contribution is -2.17. The van der Waals surface area contributed by atoms with Gasteiger partial charge in [0.05, 0.1) is 0 Å². The van der Waals surface area contributed by atoms with E-state index in [0.29, 0.717) is 16.9 Å². The second-order valence-electron chi connectivity index (χ2n) is 2.94. The molecule has 1 aromatic heterocycles. The zero-order valence-electron chi connectivity index (χ0n) is 7.76. The summed E-state index contributed by atoms with van der Waals surface area (Å²) in [5.74, 6) is 0. The number of aromatic nitrogens is 1. The summed E-state index contributed by atoms with van der Waals surface area (Å²) in [6.45, 7) is 2.33. The van der Waals surface area contributed by atoms with Gasteiger partial charge in [-0.05, 0) is 37.2 Å². The Morgan fingerprint density at radius 3 is 2.50 bits per heavy atom. The Kier molecular flexibility index (Phi) is 5.19. The van der Waals surface area contributed by atoms with E-state index in [-0.39, 0.29) is 0 Å². The molecule has 1 heterocycles. The second-order valence-corrected chi connectivity index (χ2v) is 3.71. The summed E-state index contributed by atoms with van der Waals surface area (Å²) in [4.78, 5) is 3.86. The van der Waals surface area contributed by atoms with Crippen molar-refractivity contribution in [2.24, 2.45) is 5.73 Å². The monoisotopic (exact) mass is 233 g/mol. The first-order valence-electron chi connectivity index (χ1n) is 4.45. The Balaban J connectivity index is 2.42. The molecule has 0 bridgehead atoms. The highest BCUT2D eigenvalue weighted by molar-refractivity contribution is 6.32. The Hall–Kier alpha value is -0.350. The molecule has 3 N–H and O–H groups in total. The van der Waals surface area contributed by atoms with Gasteiger partial charge in [0.15, 0.2) is 0 Å². The number of hydrogen-bond acceptors (Lipinski definition) is 3. The van der Waals surface area contributed by atoms with E-state index in [9.17, 15) is 0 Å². The fraction of sp³-hybridized carbons (Fsp3) is 0.444. The summed E-state index contributed by atoms with van der Waals surface area (Å²) in [5.41, 5.74) is 6.40. The van der Waals surface area contributed by atoms with E-state index < -0.39 is 0 Å². The number of hydrogen-bond donors (Lipinski definition) is 2. The molecule has 0 unspecified atom stereocenters. The highest BCUT2D eigenvalue weighted by Gasteiger charge is 1.98. The van der Waals surface area contributed by atoms with Crippen LogP contribution in [-0.2, 0) is 6.54 Å². The van der Waals surface area contributed by atoms with Gasteiger partial charge >= 0.3 is 0 Å². The van der Waals surface area contributed by atoms with E-state index in [0.717, 1.165) is 25.1 Å². The molecule has 0 amide bonds. The average Bonchev–Trinajstić information content (AvgIpc) is 2.11. The molecule has 5 heteroatoms. The van der Waals surface area contributed by atoms with Crippen LogP contribution >= 0.6 is 23.2 Å². The minimum Gasteiger partial charge on any atom is -0.330 e. The van der Waals surface area contributed by atoms with Gasteiger partial charge in [-0.25, -0.2) is 4.98 Å². The van der Waals surface area contributed by atoms with E-state index in [1.54, 1.807) is 12.1 Å². The lowest BCUT2D eigenvalue weighted by Gasteiger charge is -2.04. The second kappa shape index (κ2) is 6.19. The molecule has 0 atom stereocenters. The Morgan fingerprint density at radius 2 is 1.93 bits per heavy atom. The van der Waals surface area contributed by atoms with E-state index in [2.05, 4.69) is 10.3 Å². The lowest BCUT2D eigenvalue weighted by molar-refractivity contribution is 0.655. The molecule has 14 heavy (non-hydrogen) atoms. The number of nitrogens with zero attached hydrogens (tertiary/aromatic N) is 1. The maximum absolute atomic E-state index is 5.75. The normalized spacial score (nSPS) is 10.5. The van der Waals surface area contributed by atoms with Crippen LogP contribution < -0.4 is 11.1 Å². The Bertz CT molecular complexity index is 271. The average molecular weight is 234 g/mol. The van der Waals surface area contributed by atoms with Gasteiger partial charge < -0.3 is 11.1 Å². The third-order valence-corrected chi connectivity index (χ3v) is 2.10. The van der Waals surface area contributed by atoms with Crippen molar-refractivity contribution >= 4 is 23.2 Å². The van der Waals surface area contributed by atoms with Gasteiger partial charge in [0.25, 0.3) is 0 Å². The van der Waals surface area contributed by atoms with Gasteiger partial charge in [-0.1, -0.05) is 23.2 Å². The van der Waals surface area contributed by atoms with Crippen molar-refractivity contribution < 1.29 is 0 Å². The molecule has 0 aliphatic carbocycles. The zero-order valence-corrected chi connectivity index (χ0v) is 9.28. The van der Waals surface area contributed by atoms with Gasteiger partial charge in [0.2, 0.25) is 0 Å². The topological polar surface area (TPSA) is 50.9 Å². The van der Waals surface area contributed by atoms with Crippen molar-refractivity contribution in [2.75, 3.05) is 13.1 Å². The molecule has 78 valence electrons. The fourth-order valence-electron chi connectivity index (χ4n) is 1.08. The van der Waals surface area contributed by atoms with Crippen LogP contribution in [0.4, 0.5) is 0 Å². The van der Waals surface area contributed by atoms with Crippen LogP contribution in [0.3, 0.4) is 0 Å². The predicted molar refractivity (Wildman–Crippen MR) is 59.6 cm³/mol. The largest absolute Gasteiger partial charge is 0.330 e. The van der Waals surface area contributed by atoms with Crippen LogP contribution in [0, 0.1) is 0 Å². The first-order chi connectivity index (χ1) is 6.72. The number of halogens is 2. The minimum absolute atomic E-state index is 0.424. The highest BCUT2D eigenvalue weighted by atomic mass is 35.5. The van der Waals surface area contributed by atoms with Crippen LogP contribution in [-0.4, -0.2) is 18.1 Å². The molecule has 0 aromatic carbocycles. The number of nitrogens with one attached hydrogen (secondary N) is 1. The molecule has 0 spiro atoms.